The largest absolute Gasteiger partial charge is 0.330 e. The molecule has 0 aliphatic carbocycles. The number of hydrogen-bond acceptors (Lipinski definition) is 4. The Balaban J connectivity index is 2.36. The van der Waals surface area contributed by atoms with Gasteiger partial charge in [-0.3, -0.25) is 0 Å². The van der Waals surface area contributed by atoms with Gasteiger partial charge in [-0.05, 0) is 28.8 Å². The first-order valence-corrected chi connectivity index (χ1v) is 4.05. The summed E-state index contributed by atoms with van der Waals surface area (Å²) in [6.07, 6.45) is 2.61. The minimum atomic E-state index is 0.173. The zero-order chi connectivity index (χ0) is 9.03. The highest BCUT2D eigenvalue weighted by molar-refractivity contribution is 4.68. The van der Waals surface area contributed by atoms with E-state index in [1.165, 1.54) is 0 Å². The normalized spacial score (nSPS) is 11.9. The van der Waals surface area contributed by atoms with Gasteiger partial charge in [0.2, 0.25) is 0 Å². The number of aromatic nitrogens is 4. The van der Waals surface area contributed by atoms with Crippen LogP contribution in [0.4, 0.5) is 0 Å². The second-order valence-corrected chi connectivity index (χ2v) is 3.69. The Labute approximate surface area is 71.9 Å². The Morgan fingerprint density at radius 2 is 2.25 bits per heavy atom. The van der Waals surface area contributed by atoms with Crippen LogP contribution in [-0.4, -0.2) is 26.8 Å². The summed E-state index contributed by atoms with van der Waals surface area (Å²) in [7, 11) is 0. The molecule has 0 unspecified atom stereocenters. The summed E-state index contributed by atoms with van der Waals surface area (Å²) in [4.78, 5) is 0. The van der Waals surface area contributed by atoms with Crippen LogP contribution in [0.1, 0.15) is 20.3 Å². The molecule has 1 heterocycles. The van der Waals surface area contributed by atoms with E-state index in [1.807, 2.05) is 0 Å². The summed E-state index contributed by atoms with van der Waals surface area (Å²) in [5.74, 6) is 0. The van der Waals surface area contributed by atoms with Gasteiger partial charge >= 0.3 is 0 Å². The molecule has 0 radical (unpaired) electrons. The van der Waals surface area contributed by atoms with Crippen LogP contribution >= 0.6 is 0 Å². The van der Waals surface area contributed by atoms with Crippen LogP contribution in [0.25, 0.3) is 0 Å². The fourth-order valence-electron chi connectivity index (χ4n) is 0.802. The highest BCUT2D eigenvalue weighted by Crippen LogP contribution is 2.18. The number of nitrogens with two attached hydrogens (primary N) is 1. The van der Waals surface area contributed by atoms with E-state index in [1.54, 1.807) is 11.0 Å². The maximum atomic E-state index is 5.58. The van der Waals surface area contributed by atoms with Crippen LogP contribution < -0.4 is 5.73 Å². The lowest BCUT2D eigenvalue weighted by molar-refractivity contribution is 0.315. The summed E-state index contributed by atoms with van der Waals surface area (Å²) < 4.78 is 1.72. The Bertz CT molecular complexity index is 216. The predicted octanol–water partition coefficient (Wildman–Crippen LogP) is 0.0481. The molecule has 0 aliphatic heterocycles. The molecule has 0 atom stereocenters. The van der Waals surface area contributed by atoms with Crippen molar-refractivity contribution >= 4 is 0 Å². The monoisotopic (exact) mass is 169 g/mol. The second-order valence-electron chi connectivity index (χ2n) is 3.69. The molecule has 0 saturated carbocycles. The molecule has 1 aromatic rings. The van der Waals surface area contributed by atoms with E-state index < -0.39 is 0 Å². The zero-order valence-electron chi connectivity index (χ0n) is 7.56. The topological polar surface area (TPSA) is 69.6 Å². The molecule has 5 nitrogen and oxygen atoms in total. The van der Waals surface area contributed by atoms with E-state index in [4.69, 9.17) is 5.73 Å². The van der Waals surface area contributed by atoms with Gasteiger partial charge in [0.05, 0.1) is 0 Å². The number of hydrogen-bond donors (Lipinski definition) is 1. The van der Waals surface area contributed by atoms with Crippen molar-refractivity contribution in [3.63, 3.8) is 0 Å². The van der Waals surface area contributed by atoms with Crippen molar-refractivity contribution in [3.8, 4) is 0 Å². The molecular formula is C7H15N5. The molecule has 0 aliphatic rings. The van der Waals surface area contributed by atoms with E-state index in [0.717, 1.165) is 13.0 Å². The van der Waals surface area contributed by atoms with Gasteiger partial charge in [0.15, 0.2) is 0 Å². The van der Waals surface area contributed by atoms with Gasteiger partial charge in [-0.2, -0.15) is 0 Å². The molecule has 1 aromatic heterocycles. The lowest BCUT2D eigenvalue weighted by Gasteiger charge is -2.21. The molecule has 12 heavy (non-hydrogen) atoms. The van der Waals surface area contributed by atoms with Crippen molar-refractivity contribution in [1.29, 1.82) is 0 Å². The van der Waals surface area contributed by atoms with Crippen LogP contribution in [0.5, 0.6) is 0 Å². The van der Waals surface area contributed by atoms with Crippen LogP contribution in [0.2, 0.25) is 0 Å². The third-order valence-electron chi connectivity index (χ3n) is 1.96. The van der Waals surface area contributed by atoms with Gasteiger partial charge in [0.25, 0.3) is 0 Å². The average molecular weight is 169 g/mol. The minimum absolute atomic E-state index is 0.173. The van der Waals surface area contributed by atoms with Crippen LogP contribution in [-0.2, 0) is 6.54 Å². The molecule has 5 heteroatoms. The summed E-state index contributed by atoms with van der Waals surface area (Å²) in [5.41, 5.74) is 5.76. The third-order valence-corrected chi connectivity index (χ3v) is 1.96. The maximum Gasteiger partial charge on any atom is 0.138 e. The van der Waals surface area contributed by atoms with Crippen molar-refractivity contribution in [3.05, 3.63) is 6.33 Å². The molecule has 0 bridgehead atoms. The van der Waals surface area contributed by atoms with Crippen LogP contribution in [0.3, 0.4) is 0 Å². The Kier molecular flexibility index (Phi) is 2.75. The summed E-state index contributed by atoms with van der Waals surface area (Å²) in [6.45, 7) is 5.79. The molecule has 0 spiro atoms. The Hall–Kier alpha value is -0.970. The first kappa shape index (κ1) is 9.12. The summed E-state index contributed by atoms with van der Waals surface area (Å²) >= 11 is 0. The zero-order valence-corrected chi connectivity index (χ0v) is 7.56. The lowest BCUT2D eigenvalue weighted by atomic mass is 9.90. The number of aryl methyl sites for hydroxylation is 1. The standard InChI is InChI=1S/C7H15N5/c1-7(2,5-8)3-4-12-6-9-10-11-12/h6H,3-5,8H2,1-2H3. The fourth-order valence-corrected chi connectivity index (χ4v) is 0.802. The second kappa shape index (κ2) is 3.62. The lowest BCUT2D eigenvalue weighted by Crippen LogP contribution is -2.25. The van der Waals surface area contributed by atoms with Crippen molar-refractivity contribution in [2.45, 2.75) is 26.8 Å². The predicted molar refractivity (Wildman–Crippen MR) is 45.3 cm³/mol. The SMILES string of the molecule is CC(C)(CN)CCn1cnnn1. The van der Waals surface area contributed by atoms with Gasteiger partial charge in [-0.25, -0.2) is 4.68 Å². The van der Waals surface area contributed by atoms with Crippen LogP contribution in [0.15, 0.2) is 6.33 Å². The van der Waals surface area contributed by atoms with Crippen molar-refractivity contribution in [2.24, 2.45) is 11.1 Å². The first-order valence-electron chi connectivity index (χ1n) is 4.05. The van der Waals surface area contributed by atoms with E-state index in [-0.39, 0.29) is 5.41 Å². The molecule has 2 N–H and O–H groups in total. The highest BCUT2D eigenvalue weighted by Gasteiger charge is 2.15. The van der Waals surface area contributed by atoms with Gasteiger partial charge in [-0.15, -0.1) is 5.10 Å². The smallest absolute Gasteiger partial charge is 0.138 e. The maximum absolute atomic E-state index is 5.58. The summed E-state index contributed by atoms with van der Waals surface area (Å²) in [5, 5.41) is 10.9. The average Bonchev–Trinajstić information content (AvgIpc) is 2.53. The molecular weight excluding hydrogens is 154 g/mol. The minimum Gasteiger partial charge on any atom is -0.330 e. The van der Waals surface area contributed by atoms with E-state index in [2.05, 4.69) is 29.4 Å². The van der Waals surface area contributed by atoms with Crippen molar-refractivity contribution in [1.82, 2.24) is 20.2 Å². The number of nitrogens with zero attached hydrogens (tertiary/aromatic N) is 4. The molecule has 0 amide bonds. The third kappa shape index (κ3) is 2.58. The van der Waals surface area contributed by atoms with Crippen LogP contribution in [0, 0.1) is 5.41 Å². The molecule has 68 valence electrons. The number of rotatable bonds is 4. The van der Waals surface area contributed by atoms with E-state index in [9.17, 15) is 0 Å². The quantitative estimate of drug-likeness (QED) is 0.691. The van der Waals surface area contributed by atoms with Gasteiger partial charge in [-0.1, -0.05) is 13.8 Å². The first-order chi connectivity index (χ1) is 5.64. The molecule has 0 aromatic carbocycles. The molecule has 0 fully saturated rings. The van der Waals surface area contributed by atoms with E-state index >= 15 is 0 Å². The Morgan fingerprint density at radius 3 is 2.75 bits per heavy atom. The molecule has 1 rings (SSSR count). The van der Waals surface area contributed by atoms with Gasteiger partial charge in [0.1, 0.15) is 6.33 Å². The summed E-state index contributed by atoms with van der Waals surface area (Å²) in [6, 6.07) is 0. The van der Waals surface area contributed by atoms with Gasteiger partial charge < -0.3 is 5.73 Å². The number of tetrazole rings is 1. The highest BCUT2D eigenvalue weighted by atomic mass is 15.5. The van der Waals surface area contributed by atoms with Crippen molar-refractivity contribution < 1.29 is 0 Å². The Morgan fingerprint density at radius 1 is 1.50 bits per heavy atom. The van der Waals surface area contributed by atoms with Crippen molar-refractivity contribution in [2.75, 3.05) is 6.54 Å². The molecule has 0 saturated heterocycles. The van der Waals surface area contributed by atoms with Gasteiger partial charge in [0, 0.05) is 6.54 Å². The fraction of sp³-hybridized carbons (Fsp3) is 0.857. The van der Waals surface area contributed by atoms with E-state index in [0.29, 0.717) is 6.54 Å².